The Balaban J connectivity index is 1.70. The Bertz CT molecular complexity index is 1240. The van der Waals surface area contributed by atoms with Crippen LogP contribution in [-0.2, 0) is 6.42 Å². The summed E-state index contributed by atoms with van der Waals surface area (Å²) < 4.78 is 21.3. The van der Waals surface area contributed by atoms with Crippen LogP contribution in [0.1, 0.15) is 16.8 Å². The number of benzene rings is 2. The van der Waals surface area contributed by atoms with Gasteiger partial charge in [0.1, 0.15) is 12.1 Å². The van der Waals surface area contributed by atoms with E-state index in [0.717, 1.165) is 5.39 Å². The molecule has 0 unspecified atom stereocenters. The lowest BCUT2D eigenvalue weighted by Gasteiger charge is -2.12. The Hall–Kier alpha value is -3.02. The molecule has 0 aliphatic rings. The van der Waals surface area contributed by atoms with E-state index < -0.39 is 5.82 Å². The van der Waals surface area contributed by atoms with E-state index in [4.69, 9.17) is 21.6 Å². The van der Waals surface area contributed by atoms with Gasteiger partial charge in [0.05, 0.1) is 27.2 Å². The van der Waals surface area contributed by atoms with Crippen LogP contribution in [0.5, 0.6) is 11.5 Å². The first-order valence-electron chi connectivity index (χ1n) is 8.03. The number of ether oxygens (including phenoxy) is 1. The summed E-state index contributed by atoms with van der Waals surface area (Å²) in [6, 6.07) is 9.83. The number of aromatic nitrogens is 4. The maximum atomic E-state index is 15.2. The van der Waals surface area contributed by atoms with Gasteiger partial charge in [-0.3, -0.25) is 5.10 Å². The van der Waals surface area contributed by atoms with Crippen LogP contribution in [0.15, 0.2) is 47.3 Å². The van der Waals surface area contributed by atoms with E-state index >= 15 is 4.39 Å². The van der Waals surface area contributed by atoms with Crippen molar-refractivity contribution in [2.75, 3.05) is 0 Å². The van der Waals surface area contributed by atoms with Crippen molar-refractivity contribution in [1.29, 1.82) is 5.26 Å². The third kappa shape index (κ3) is 3.54. The molecule has 2 heterocycles. The maximum Gasteiger partial charge on any atom is 0.177 e. The topological polar surface area (TPSA) is 87.5 Å². The van der Waals surface area contributed by atoms with Crippen molar-refractivity contribution in [1.82, 2.24) is 20.2 Å². The largest absolute Gasteiger partial charge is 0.453 e. The summed E-state index contributed by atoms with van der Waals surface area (Å²) in [4.78, 5) is 8.07. The number of rotatable bonds is 4. The van der Waals surface area contributed by atoms with E-state index in [2.05, 4.69) is 36.1 Å². The van der Waals surface area contributed by atoms with Gasteiger partial charge in [0.15, 0.2) is 17.2 Å². The lowest BCUT2D eigenvalue weighted by Crippen LogP contribution is -1.98. The average Bonchev–Trinajstić information content (AvgIpc) is 3.10. The molecule has 2 aromatic heterocycles. The molecule has 0 aliphatic carbocycles. The monoisotopic (exact) mass is 457 g/mol. The quantitative estimate of drug-likeness (QED) is 0.456. The number of nitrogens with zero attached hydrogens (tertiary/aromatic N) is 4. The number of hydrogen-bond donors (Lipinski definition) is 1. The number of aromatic amines is 1. The molecule has 6 nitrogen and oxygen atoms in total. The van der Waals surface area contributed by atoms with Crippen molar-refractivity contribution < 1.29 is 9.13 Å². The molecule has 0 amide bonds. The van der Waals surface area contributed by atoms with E-state index in [1.807, 2.05) is 6.07 Å². The Morgan fingerprint density at radius 1 is 1.29 bits per heavy atom. The summed E-state index contributed by atoms with van der Waals surface area (Å²) in [7, 11) is 0. The Labute approximate surface area is 172 Å². The molecular formula is C19H10BrClFN5O. The predicted octanol–water partition coefficient (Wildman–Crippen LogP) is 5.16. The maximum absolute atomic E-state index is 15.2. The van der Waals surface area contributed by atoms with E-state index in [1.54, 1.807) is 18.3 Å². The first kappa shape index (κ1) is 18.3. The highest BCUT2D eigenvalue weighted by Crippen LogP contribution is 2.36. The second kappa shape index (κ2) is 7.54. The SMILES string of the molecule is N#Cc1cc(Cl)cc(Oc2c(Br)ccc(Cc3n[nH]c4ncncc34)c2F)c1. The average molecular weight is 459 g/mol. The molecule has 0 aliphatic heterocycles. The molecule has 0 saturated heterocycles. The van der Waals surface area contributed by atoms with E-state index in [9.17, 15) is 0 Å². The van der Waals surface area contributed by atoms with Gasteiger partial charge in [-0.15, -0.1) is 0 Å². The number of H-pyrrole nitrogens is 1. The molecular weight excluding hydrogens is 449 g/mol. The number of nitrogens with one attached hydrogen (secondary N) is 1. The van der Waals surface area contributed by atoms with Gasteiger partial charge in [-0.2, -0.15) is 10.4 Å². The molecule has 0 atom stereocenters. The minimum absolute atomic E-state index is 0.000234. The lowest BCUT2D eigenvalue weighted by atomic mass is 10.1. The summed E-state index contributed by atoms with van der Waals surface area (Å²) in [6.45, 7) is 0. The third-order valence-electron chi connectivity index (χ3n) is 4.03. The second-order valence-corrected chi connectivity index (χ2v) is 7.16. The van der Waals surface area contributed by atoms with Crippen LogP contribution in [-0.4, -0.2) is 20.2 Å². The van der Waals surface area contributed by atoms with Crippen LogP contribution in [0.3, 0.4) is 0 Å². The van der Waals surface area contributed by atoms with Gasteiger partial charge in [0.2, 0.25) is 0 Å². The molecule has 2 aromatic carbocycles. The van der Waals surface area contributed by atoms with E-state index in [1.165, 1.54) is 24.5 Å². The van der Waals surface area contributed by atoms with Gasteiger partial charge in [0, 0.05) is 17.6 Å². The zero-order valence-corrected chi connectivity index (χ0v) is 16.4. The lowest BCUT2D eigenvalue weighted by molar-refractivity contribution is 0.436. The molecule has 28 heavy (non-hydrogen) atoms. The van der Waals surface area contributed by atoms with Crippen molar-refractivity contribution in [2.24, 2.45) is 0 Å². The molecule has 0 radical (unpaired) electrons. The molecule has 0 spiro atoms. The zero-order valence-electron chi connectivity index (χ0n) is 14.1. The highest BCUT2D eigenvalue weighted by molar-refractivity contribution is 9.10. The van der Waals surface area contributed by atoms with Gasteiger partial charge >= 0.3 is 0 Å². The van der Waals surface area contributed by atoms with Gasteiger partial charge in [-0.1, -0.05) is 17.7 Å². The van der Waals surface area contributed by atoms with Gasteiger partial charge in [-0.05, 0) is 45.8 Å². The summed E-state index contributed by atoms with van der Waals surface area (Å²) in [5.41, 5.74) is 1.91. The predicted molar refractivity (Wildman–Crippen MR) is 105 cm³/mol. The highest BCUT2D eigenvalue weighted by atomic mass is 79.9. The fourth-order valence-corrected chi connectivity index (χ4v) is 3.35. The molecule has 4 rings (SSSR count). The van der Waals surface area contributed by atoms with Crippen LogP contribution >= 0.6 is 27.5 Å². The first-order chi connectivity index (χ1) is 13.5. The zero-order chi connectivity index (χ0) is 19.7. The summed E-state index contributed by atoms with van der Waals surface area (Å²) >= 11 is 9.30. The molecule has 0 fully saturated rings. The summed E-state index contributed by atoms with van der Waals surface area (Å²) in [5.74, 6) is -0.278. The molecule has 9 heteroatoms. The standard InChI is InChI=1S/C19H10BrClFN5O/c20-15-2-1-11(5-16-14-8-24-9-25-19(14)27-26-16)17(22)18(15)28-13-4-10(7-23)3-12(21)6-13/h1-4,6,8-9H,5H2,(H,24,25,26,27). The fourth-order valence-electron chi connectivity index (χ4n) is 2.73. The third-order valence-corrected chi connectivity index (χ3v) is 4.87. The highest BCUT2D eigenvalue weighted by Gasteiger charge is 2.17. The molecule has 1 N–H and O–H groups in total. The molecule has 0 saturated carbocycles. The van der Waals surface area contributed by atoms with Crippen LogP contribution < -0.4 is 4.74 Å². The van der Waals surface area contributed by atoms with Crippen molar-refractivity contribution in [3.8, 4) is 17.6 Å². The van der Waals surface area contributed by atoms with Crippen LogP contribution in [0.25, 0.3) is 11.0 Å². The number of nitriles is 1. The van der Waals surface area contributed by atoms with Crippen molar-refractivity contribution in [3.63, 3.8) is 0 Å². The van der Waals surface area contributed by atoms with Crippen molar-refractivity contribution >= 4 is 38.6 Å². The summed E-state index contributed by atoms with van der Waals surface area (Å²) in [5, 5.41) is 17.1. The number of hydrogen-bond acceptors (Lipinski definition) is 5. The van der Waals surface area contributed by atoms with Crippen LogP contribution in [0, 0.1) is 17.1 Å². The smallest absolute Gasteiger partial charge is 0.177 e. The Morgan fingerprint density at radius 2 is 2.14 bits per heavy atom. The van der Waals surface area contributed by atoms with Gasteiger partial charge in [-0.25, -0.2) is 14.4 Å². The minimum Gasteiger partial charge on any atom is -0.453 e. The Kier molecular flexibility index (Phi) is 4.94. The number of fused-ring (bicyclic) bond motifs is 1. The normalized spacial score (nSPS) is 10.8. The number of halogens is 3. The molecule has 0 bridgehead atoms. The minimum atomic E-state index is -0.541. The second-order valence-electron chi connectivity index (χ2n) is 5.87. The van der Waals surface area contributed by atoms with Gasteiger partial charge < -0.3 is 4.74 Å². The van der Waals surface area contributed by atoms with Gasteiger partial charge in [0.25, 0.3) is 0 Å². The van der Waals surface area contributed by atoms with E-state index in [0.29, 0.717) is 32.0 Å². The molecule has 138 valence electrons. The first-order valence-corrected chi connectivity index (χ1v) is 9.20. The molecule has 4 aromatic rings. The van der Waals surface area contributed by atoms with E-state index in [-0.39, 0.29) is 17.9 Å². The summed E-state index contributed by atoms with van der Waals surface area (Å²) in [6.07, 6.45) is 3.27. The fraction of sp³-hybridized carbons (Fsp3) is 0.0526. The van der Waals surface area contributed by atoms with Crippen molar-refractivity contribution in [3.05, 3.63) is 75.0 Å². The van der Waals surface area contributed by atoms with Crippen LogP contribution in [0.2, 0.25) is 5.02 Å². The van der Waals surface area contributed by atoms with Crippen LogP contribution in [0.4, 0.5) is 4.39 Å². The van der Waals surface area contributed by atoms with Crippen molar-refractivity contribution in [2.45, 2.75) is 6.42 Å². The Morgan fingerprint density at radius 3 is 2.96 bits per heavy atom.